The van der Waals surface area contributed by atoms with Crippen LogP contribution in [0.1, 0.15) is 37.7 Å². The fourth-order valence-electron chi connectivity index (χ4n) is 2.79. The van der Waals surface area contributed by atoms with E-state index >= 15 is 0 Å². The smallest absolute Gasteiger partial charge is 0.271 e. The van der Waals surface area contributed by atoms with Gasteiger partial charge in [0, 0.05) is 24.6 Å². The third-order valence-corrected chi connectivity index (χ3v) is 4.12. The van der Waals surface area contributed by atoms with Gasteiger partial charge in [-0.1, -0.05) is 18.9 Å². The minimum Gasteiger partial charge on any atom is -0.327 e. The number of non-ortho nitro benzene ring substituents is 1. The van der Waals surface area contributed by atoms with Crippen molar-refractivity contribution in [1.29, 1.82) is 0 Å². The maximum atomic E-state index is 12.1. The summed E-state index contributed by atoms with van der Waals surface area (Å²) in [6, 6.07) is 4.55. The maximum Gasteiger partial charge on any atom is 0.271 e. The summed E-state index contributed by atoms with van der Waals surface area (Å²) in [4.78, 5) is 22.4. The third-order valence-electron chi connectivity index (χ3n) is 4.12. The Balaban J connectivity index is 0.00000242. The summed E-state index contributed by atoms with van der Waals surface area (Å²) in [5.74, 6) is 0.0821. The van der Waals surface area contributed by atoms with Crippen molar-refractivity contribution in [3.63, 3.8) is 0 Å². The predicted octanol–water partition coefficient (Wildman–Crippen LogP) is 3.17. The first-order valence-corrected chi connectivity index (χ1v) is 7.28. The van der Waals surface area contributed by atoms with Crippen molar-refractivity contribution in [2.75, 3.05) is 5.32 Å². The normalized spacial score (nSPS) is 20.8. The number of nitrogens with two attached hydrogens (primary N) is 1. The van der Waals surface area contributed by atoms with Gasteiger partial charge in [-0.05, 0) is 31.2 Å². The first kappa shape index (κ1) is 18.4. The molecular formula is C15H22ClN3O3. The van der Waals surface area contributed by atoms with Crippen molar-refractivity contribution in [3.05, 3.63) is 33.9 Å². The molecule has 0 spiro atoms. The van der Waals surface area contributed by atoms with Crippen LogP contribution in [0.15, 0.2) is 18.2 Å². The van der Waals surface area contributed by atoms with Gasteiger partial charge in [-0.2, -0.15) is 0 Å². The van der Waals surface area contributed by atoms with Gasteiger partial charge in [-0.25, -0.2) is 0 Å². The molecular weight excluding hydrogens is 306 g/mol. The maximum absolute atomic E-state index is 12.1. The highest BCUT2D eigenvalue weighted by molar-refractivity contribution is 5.92. The van der Waals surface area contributed by atoms with E-state index in [1.807, 2.05) is 6.92 Å². The van der Waals surface area contributed by atoms with Crippen LogP contribution in [0.3, 0.4) is 0 Å². The molecule has 1 aliphatic rings. The molecule has 2 unspecified atom stereocenters. The predicted molar refractivity (Wildman–Crippen MR) is 88.3 cm³/mol. The van der Waals surface area contributed by atoms with Crippen LogP contribution in [-0.2, 0) is 4.79 Å². The second kappa shape index (κ2) is 8.10. The SMILES string of the molecule is Cc1ccc([N+](=O)[O-])cc1NC(=O)CC1CCCCC1N.Cl. The zero-order valence-corrected chi connectivity index (χ0v) is 13.4. The molecule has 7 heteroatoms. The Bertz CT molecular complexity index is 551. The van der Waals surface area contributed by atoms with E-state index in [-0.39, 0.29) is 36.0 Å². The summed E-state index contributed by atoms with van der Waals surface area (Å²) in [6.07, 6.45) is 4.56. The number of nitro benzene ring substituents is 1. The van der Waals surface area contributed by atoms with Crippen molar-refractivity contribution >= 4 is 29.7 Å². The average Bonchev–Trinajstić information content (AvgIpc) is 2.43. The quantitative estimate of drug-likeness (QED) is 0.655. The lowest BCUT2D eigenvalue weighted by Gasteiger charge is -2.28. The molecule has 0 heterocycles. The molecule has 6 nitrogen and oxygen atoms in total. The standard InChI is InChI=1S/C15H21N3O3.ClH/c1-10-6-7-12(18(20)21)9-14(10)17-15(19)8-11-4-2-3-5-13(11)16;/h6-7,9,11,13H,2-5,8,16H2,1H3,(H,17,19);1H. The van der Waals surface area contributed by atoms with Crippen molar-refractivity contribution in [3.8, 4) is 0 Å². The zero-order chi connectivity index (χ0) is 15.4. The van der Waals surface area contributed by atoms with Crippen LogP contribution in [-0.4, -0.2) is 16.9 Å². The van der Waals surface area contributed by atoms with Gasteiger partial charge in [0.2, 0.25) is 5.91 Å². The van der Waals surface area contributed by atoms with Crippen LogP contribution in [0.4, 0.5) is 11.4 Å². The van der Waals surface area contributed by atoms with E-state index in [1.165, 1.54) is 12.1 Å². The van der Waals surface area contributed by atoms with E-state index in [0.717, 1.165) is 31.2 Å². The average molecular weight is 328 g/mol. The van der Waals surface area contributed by atoms with Crippen molar-refractivity contribution < 1.29 is 9.72 Å². The van der Waals surface area contributed by atoms with E-state index in [2.05, 4.69) is 5.32 Å². The molecule has 0 radical (unpaired) electrons. The lowest BCUT2D eigenvalue weighted by Crippen LogP contribution is -2.35. The number of benzene rings is 1. The number of aryl methyl sites for hydroxylation is 1. The Morgan fingerprint density at radius 3 is 2.73 bits per heavy atom. The van der Waals surface area contributed by atoms with Crippen LogP contribution in [0, 0.1) is 23.0 Å². The number of carbonyl (C=O) groups is 1. The topological polar surface area (TPSA) is 98.3 Å². The number of amides is 1. The molecule has 0 bridgehead atoms. The second-order valence-corrected chi connectivity index (χ2v) is 5.72. The fourth-order valence-corrected chi connectivity index (χ4v) is 2.79. The van der Waals surface area contributed by atoms with Crippen LogP contribution in [0.2, 0.25) is 0 Å². The Kier molecular flexibility index (Phi) is 6.77. The molecule has 0 aromatic heterocycles. The van der Waals surface area contributed by atoms with E-state index in [4.69, 9.17) is 5.73 Å². The van der Waals surface area contributed by atoms with Gasteiger partial charge >= 0.3 is 0 Å². The number of anilines is 1. The first-order chi connectivity index (χ1) is 9.97. The second-order valence-electron chi connectivity index (χ2n) is 5.72. The highest BCUT2D eigenvalue weighted by Gasteiger charge is 2.24. The summed E-state index contributed by atoms with van der Waals surface area (Å²) in [5.41, 5.74) is 7.33. The molecule has 1 saturated carbocycles. The lowest BCUT2D eigenvalue weighted by atomic mass is 9.83. The molecule has 22 heavy (non-hydrogen) atoms. The number of nitrogens with zero attached hydrogens (tertiary/aromatic N) is 1. The van der Waals surface area contributed by atoms with Gasteiger partial charge in [0.1, 0.15) is 0 Å². The third kappa shape index (κ3) is 4.68. The van der Waals surface area contributed by atoms with Gasteiger partial charge in [-0.15, -0.1) is 12.4 Å². The number of hydrogen-bond acceptors (Lipinski definition) is 4. The molecule has 1 aromatic rings. The highest BCUT2D eigenvalue weighted by Crippen LogP contribution is 2.27. The molecule has 0 saturated heterocycles. The summed E-state index contributed by atoms with van der Waals surface area (Å²) >= 11 is 0. The van der Waals surface area contributed by atoms with Crippen LogP contribution >= 0.6 is 12.4 Å². The highest BCUT2D eigenvalue weighted by atomic mass is 35.5. The molecule has 0 aliphatic heterocycles. The minimum absolute atomic E-state index is 0. The van der Waals surface area contributed by atoms with Gasteiger partial charge in [0.05, 0.1) is 10.6 Å². The van der Waals surface area contributed by atoms with Crippen LogP contribution < -0.4 is 11.1 Å². The van der Waals surface area contributed by atoms with Gasteiger partial charge in [0.15, 0.2) is 0 Å². The number of carbonyl (C=O) groups excluding carboxylic acids is 1. The molecule has 1 fully saturated rings. The van der Waals surface area contributed by atoms with Crippen LogP contribution in [0.5, 0.6) is 0 Å². The molecule has 122 valence electrons. The molecule has 3 N–H and O–H groups in total. The number of rotatable bonds is 4. The number of hydrogen-bond donors (Lipinski definition) is 2. The van der Waals surface area contributed by atoms with Gasteiger partial charge in [-0.3, -0.25) is 14.9 Å². The molecule has 2 rings (SSSR count). The molecule has 1 aliphatic carbocycles. The number of halogens is 1. The van der Waals surface area contributed by atoms with E-state index < -0.39 is 4.92 Å². The van der Waals surface area contributed by atoms with Crippen molar-refractivity contribution in [1.82, 2.24) is 0 Å². The minimum atomic E-state index is -0.466. The molecule has 2 atom stereocenters. The fraction of sp³-hybridized carbons (Fsp3) is 0.533. The van der Waals surface area contributed by atoms with E-state index in [1.54, 1.807) is 6.07 Å². The largest absolute Gasteiger partial charge is 0.327 e. The lowest BCUT2D eigenvalue weighted by molar-refractivity contribution is -0.384. The number of nitrogens with one attached hydrogen (secondary N) is 1. The Hall–Kier alpha value is -1.66. The molecule has 1 amide bonds. The molecule has 1 aromatic carbocycles. The van der Waals surface area contributed by atoms with Crippen LogP contribution in [0.25, 0.3) is 0 Å². The van der Waals surface area contributed by atoms with Gasteiger partial charge < -0.3 is 11.1 Å². The van der Waals surface area contributed by atoms with E-state index in [9.17, 15) is 14.9 Å². The number of nitro groups is 1. The Morgan fingerprint density at radius 1 is 1.41 bits per heavy atom. The summed E-state index contributed by atoms with van der Waals surface area (Å²) < 4.78 is 0. The summed E-state index contributed by atoms with van der Waals surface area (Å²) in [7, 11) is 0. The summed E-state index contributed by atoms with van der Waals surface area (Å²) in [5, 5.41) is 13.6. The Morgan fingerprint density at radius 2 is 2.09 bits per heavy atom. The van der Waals surface area contributed by atoms with E-state index in [0.29, 0.717) is 12.1 Å². The monoisotopic (exact) mass is 327 g/mol. The van der Waals surface area contributed by atoms with Crippen molar-refractivity contribution in [2.24, 2.45) is 11.7 Å². The first-order valence-electron chi connectivity index (χ1n) is 7.28. The van der Waals surface area contributed by atoms with Crippen molar-refractivity contribution in [2.45, 2.75) is 45.1 Å². The van der Waals surface area contributed by atoms with Gasteiger partial charge in [0.25, 0.3) is 5.69 Å². The zero-order valence-electron chi connectivity index (χ0n) is 12.6. The summed E-state index contributed by atoms with van der Waals surface area (Å²) in [6.45, 7) is 1.81. The Labute approximate surface area is 136 Å².